The van der Waals surface area contributed by atoms with Crippen molar-refractivity contribution < 1.29 is 14.3 Å². The Balaban J connectivity index is 2.13. The number of hydrogen-bond acceptors (Lipinski definition) is 4. The van der Waals surface area contributed by atoms with Gasteiger partial charge in [-0.15, -0.1) is 0 Å². The number of ether oxygens (including phenoxy) is 1. The second-order valence-electron chi connectivity index (χ2n) is 4.45. The minimum atomic E-state index is -0.896. The SMILES string of the molecule is CC1=CC(=O)[C@@H](C(C)=NCc2ccccc2)C(=O)O1. The van der Waals surface area contributed by atoms with Gasteiger partial charge in [0.1, 0.15) is 5.76 Å². The van der Waals surface area contributed by atoms with Crippen molar-refractivity contribution in [2.75, 3.05) is 0 Å². The predicted molar refractivity (Wildman–Crippen MR) is 71.6 cm³/mol. The zero-order valence-electron chi connectivity index (χ0n) is 10.9. The Morgan fingerprint density at radius 1 is 1.26 bits per heavy atom. The zero-order valence-corrected chi connectivity index (χ0v) is 10.9. The molecule has 0 spiro atoms. The van der Waals surface area contributed by atoms with Gasteiger partial charge in [-0.25, -0.2) is 0 Å². The van der Waals surface area contributed by atoms with Crippen LogP contribution in [0.1, 0.15) is 19.4 Å². The molecule has 98 valence electrons. The fourth-order valence-corrected chi connectivity index (χ4v) is 1.91. The molecule has 0 amide bonds. The number of carbonyl (C=O) groups excluding carboxylic acids is 2. The predicted octanol–water partition coefficient (Wildman–Crippen LogP) is 2.29. The third-order valence-corrected chi connectivity index (χ3v) is 2.90. The van der Waals surface area contributed by atoms with E-state index in [4.69, 9.17) is 4.74 Å². The van der Waals surface area contributed by atoms with Gasteiger partial charge in [0, 0.05) is 11.8 Å². The maximum absolute atomic E-state index is 11.8. The van der Waals surface area contributed by atoms with Gasteiger partial charge in [-0.3, -0.25) is 14.6 Å². The van der Waals surface area contributed by atoms with E-state index in [-0.39, 0.29) is 5.78 Å². The minimum absolute atomic E-state index is 0.261. The molecule has 2 rings (SSSR count). The molecule has 0 fully saturated rings. The highest BCUT2D eigenvalue weighted by molar-refractivity contribution is 6.22. The number of ketones is 1. The molecule has 1 aromatic rings. The van der Waals surface area contributed by atoms with Gasteiger partial charge in [-0.05, 0) is 19.4 Å². The number of esters is 1. The molecule has 19 heavy (non-hydrogen) atoms. The highest BCUT2D eigenvalue weighted by atomic mass is 16.5. The minimum Gasteiger partial charge on any atom is -0.430 e. The summed E-state index contributed by atoms with van der Waals surface area (Å²) in [5.74, 6) is -1.36. The Morgan fingerprint density at radius 3 is 2.58 bits per heavy atom. The van der Waals surface area contributed by atoms with Crippen LogP contribution in [0.3, 0.4) is 0 Å². The summed E-state index contributed by atoms with van der Waals surface area (Å²) in [6, 6.07) is 9.66. The lowest BCUT2D eigenvalue weighted by Gasteiger charge is -2.18. The molecule has 4 nitrogen and oxygen atoms in total. The molecule has 1 heterocycles. The molecule has 4 heteroatoms. The van der Waals surface area contributed by atoms with Crippen molar-refractivity contribution >= 4 is 17.5 Å². The number of carbonyl (C=O) groups is 2. The molecule has 1 aliphatic heterocycles. The average molecular weight is 257 g/mol. The van der Waals surface area contributed by atoms with Crippen LogP contribution in [0.5, 0.6) is 0 Å². The third-order valence-electron chi connectivity index (χ3n) is 2.90. The van der Waals surface area contributed by atoms with E-state index in [1.54, 1.807) is 13.8 Å². The van der Waals surface area contributed by atoms with E-state index >= 15 is 0 Å². The van der Waals surface area contributed by atoms with Crippen molar-refractivity contribution in [3.8, 4) is 0 Å². The standard InChI is InChI=1S/C15H15NO3/c1-10-8-13(17)14(15(18)19-10)11(2)16-9-12-6-4-3-5-7-12/h3-8,14H,9H2,1-2H3/t14-/m1/s1. The lowest BCUT2D eigenvalue weighted by Crippen LogP contribution is -2.34. The fourth-order valence-electron chi connectivity index (χ4n) is 1.91. The van der Waals surface area contributed by atoms with Crippen LogP contribution in [0.4, 0.5) is 0 Å². The van der Waals surface area contributed by atoms with E-state index in [0.717, 1.165) is 5.56 Å². The van der Waals surface area contributed by atoms with Crippen LogP contribution in [-0.2, 0) is 20.9 Å². The summed E-state index contributed by atoms with van der Waals surface area (Å²) in [5.41, 5.74) is 1.52. The number of allylic oxidation sites excluding steroid dienone is 2. The van der Waals surface area contributed by atoms with Gasteiger partial charge >= 0.3 is 5.97 Å². The van der Waals surface area contributed by atoms with Crippen LogP contribution in [0.2, 0.25) is 0 Å². The van der Waals surface area contributed by atoms with Crippen LogP contribution in [0.15, 0.2) is 47.2 Å². The molecule has 0 aliphatic carbocycles. The normalized spacial score (nSPS) is 20.0. The van der Waals surface area contributed by atoms with E-state index in [0.29, 0.717) is 18.0 Å². The molecule has 0 unspecified atom stereocenters. The molecule has 0 aromatic heterocycles. The van der Waals surface area contributed by atoms with Crippen molar-refractivity contribution in [3.05, 3.63) is 47.7 Å². The summed E-state index contributed by atoms with van der Waals surface area (Å²) in [7, 11) is 0. The Labute approximate surface area is 111 Å². The first-order chi connectivity index (χ1) is 9.08. The first-order valence-corrected chi connectivity index (χ1v) is 6.06. The summed E-state index contributed by atoms with van der Waals surface area (Å²) in [5, 5.41) is 0. The van der Waals surface area contributed by atoms with Crippen LogP contribution < -0.4 is 0 Å². The van der Waals surface area contributed by atoms with Crippen LogP contribution in [0.25, 0.3) is 0 Å². The van der Waals surface area contributed by atoms with E-state index in [9.17, 15) is 9.59 Å². The maximum atomic E-state index is 11.8. The van der Waals surface area contributed by atoms with Crippen molar-refractivity contribution in [1.29, 1.82) is 0 Å². The van der Waals surface area contributed by atoms with Gasteiger partial charge < -0.3 is 4.74 Å². The quantitative estimate of drug-likeness (QED) is 0.474. The van der Waals surface area contributed by atoms with E-state index < -0.39 is 11.9 Å². The smallest absolute Gasteiger partial charge is 0.327 e. The maximum Gasteiger partial charge on any atom is 0.327 e. The summed E-state index contributed by atoms with van der Waals surface area (Å²) in [6.07, 6.45) is 1.34. The molecule has 0 saturated carbocycles. The topological polar surface area (TPSA) is 55.7 Å². The van der Waals surface area contributed by atoms with Gasteiger partial charge in [-0.2, -0.15) is 0 Å². The molecule has 1 aliphatic rings. The molecule has 0 saturated heterocycles. The number of aliphatic imine (C=N–C) groups is 1. The first kappa shape index (κ1) is 13.2. The summed E-state index contributed by atoms with van der Waals surface area (Å²) < 4.78 is 4.96. The molecule has 0 radical (unpaired) electrons. The number of benzene rings is 1. The number of cyclic esters (lactones) is 1. The Bertz CT molecular complexity index is 558. The summed E-state index contributed by atoms with van der Waals surface area (Å²) in [6.45, 7) is 3.72. The molecule has 1 atom stereocenters. The summed E-state index contributed by atoms with van der Waals surface area (Å²) >= 11 is 0. The zero-order chi connectivity index (χ0) is 13.8. The van der Waals surface area contributed by atoms with Crippen LogP contribution in [0, 0.1) is 5.92 Å². The van der Waals surface area contributed by atoms with E-state index in [1.807, 2.05) is 30.3 Å². The highest BCUT2D eigenvalue weighted by Gasteiger charge is 2.33. The van der Waals surface area contributed by atoms with Gasteiger partial charge in [0.2, 0.25) is 0 Å². The van der Waals surface area contributed by atoms with E-state index in [2.05, 4.69) is 4.99 Å². The van der Waals surface area contributed by atoms with Gasteiger partial charge in [0.15, 0.2) is 11.7 Å². The second kappa shape index (κ2) is 5.61. The Kier molecular flexibility index (Phi) is 3.90. The van der Waals surface area contributed by atoms with Gasteiger partial charge in [0.25, 0.3) is 0 Å². The molecule has 1 aromatic carbocycles. The second-order valence-corrected chi connectivity index (χ2v) is 4.45. The number of hydrogen-bond donors (Lipinski definition) is 0. The van der Waals surface area contributed by atoms with E-state index in [1.165, 1.54) is 6.08 Å². The van der Waals surface area contributed by atoms with Gasteiger partial charge in [0.05, 0.1) is 6.54 Å². The lowest BCUT2D eigenvalue weighted by molar-refractivity contribution is -0.146. The lowest BCUT2D eigenvalue weighted by atomic mass is 9.96. The van der Waals surface area contributed by atoms with Crippen molar-refractivity contribution in [2.24, 2.45) is 10.9 Å². The monoisotopic (exact) mass is 257 g/mol. The third kappa shape index (κ3) is 3.16. The molecule has 0 bridgehead atoms. The Morgan fingerprint density at radius 2 is 1.95 bits per heavy atom. The highest BCUT2D eigenvalue weighted by Crippen LogP contribution is 2.16. The van der Waals surface area contributed by atoms with Crippen molar-refractivity contribution in [2.45, 2.75) is 20.4 Å². The first-order valence-electron chi connectivity index (χ1n) is 6.06. The van der Waals surface area contributed by atoms with Crippen LogP contribution in [-0.4, -0.2) is 17.5 Å². The van der Waals surface area contributed by atoms with Crippen molar-refractivity contribution in [3.63, 3.8) is 0 Å². The largest absolute Gasteiger partial charge is 0.430 e. The average Bonchev–Trinajstić information content (AvgIpc) is 2.36. The fraction of sp³-hybridized carbons (Fsp3) is 0.267. The molecular formula is C15H15NO3. The van der Waals surface area contributed by atoms with Gasteiger partial charge in [-0.1, -0.05) is 30.3 Å². The Hall–Kier alpha value is -2.23. The number of rotatable bonds is 3. The van der Waals surface area contributed by atoms with Crippen molar-refractivity contribution in [1.82, 2.24) is 0 Å². The molecular weight excluding hydrogens is 242 g/mol. The summed E-state index contributed by atoms with van der Waals surface area (Å²) in [4.78, 5) is 27.8. The number of nitrogens with zero attached hydrogens (tertiary/aromatic N) is 1. The van der Waals surface area contributed by atoms with Crippen LogP contribution >= 0.6 is 0 Å². The molecule has 0 N–H and O–H groups in total.